The summed E-state index contributed by atoms with van der Waals surface area (Å²) >= 11 is 0. The average Bonchev–Trinajstić information content (AvgIpc) is 2.79. The Morgan fingerprint density at radius 1 is 0.476 bits per heavy atom. The van der Waals surface area contributed by atoms with E-state index in [0.29, 0.717) is 0 Å². The van der Waals surface area contributed by atoms with Crippen molar-refractivity contribution in [2.45, 2.75) is 132 Å². The summed E-state index contributed by atoms with van der Waals surface area (Å²) in [6.07, 6.45) is -6.57. The number of hydrogen-bond donors (Lipinski definition) is 0. The second kappa shape index (κ2) is 18.1. The molecule has 1 rings (SSSR count). The van der Waals surface area contributed by atoms with E-state index < -0.39 is 60.6 Å². The second-order valence-electron chi connectivity index (χ2n) is 13.1. The highest BCUT2D eigenvalue weighted by molar-refractivity contribution is 5.73. The molecule has 0 radical (unpaired) electrons. The van der Waals surface area contributed by atoms with Crippen LogP contribution in [0, 0.1) is 29.6 Å². The summed E-state index contributed by atoms with van der Waals surface area (Å²) in [5.41, 5.74) is 0. The van der Waals surface area contributed by atoms with Crippen molar-refractivity contribution < 1.29 is 52.4 Å². The van der Waals surface area contributed by atoms with Gasteiger partial charge in [-0.15, -0.1) is 0 Å². The molecule has 1 fully saturated rings. The highest BCUT2D eigenvalue weighted by Crippen LogP contribution is 2.32. The highest BCUT2D eigenvalue weighted by Gasteiger charge is 2.54. The molecule has 11 heteroatoms. The van der Waals surface area contributed by atoms with Gasteiger partial charge in [0.1, 0.15) is 12.7 Å². The van der Waals surface area contributed by atoms with Gasteiger partial charge in [0.2, 0.25) is 12.4 Å². The maximum atomic E-state index is 13.0. The van der Waals surface area contributed by atoms with Crippen molar-refractivity contribution in [2.75, 3.05) is 6.61 Å². The molecule has 5 atom stereocenters. The van der Waals surface area contributed by atoms with Gasteiger partial charge >= 0.3 is 29.8 Å². The molecule has 1 saturated heterocycles. The summed E-state index contributed by atoms with van der Waals surface area (Å²) in [6.45, 7) is 18.0. The van der Waals surface area contributed by atoms with Crippen LogP contribution in [0.4, 0.5) is 0 Å². The van der Waals surface area contributed by atoms with Gasteiger partial charge in [-0.3, -0.25) is 24.0 Å². The maximum absolute atomic E-state index is 13.0. The Balaban J connectivity index is 3.58. The Kier molecular flexibility index (Phi) is 16.1. The van der Waals surface area contributed by atoms with Crippen molar-refractivity contribution in [2.24, 2.45) is 29.6 Å². The minimum Gasteiger partial charge on any atom is -0.463 e. The summed E-state index contributed by atoms with van der Waals surface area (Å²) in [5.74, 6) is -3.18. The van der Waals surface area contributed by atoms with E-state index in [9.17, 15) is 24.0 Å². The molecule has 0 aromatic heterocycles. The molecule has 0 N–H and O–H groups in total. The van der Waals surface area contributed by atoms with Crippen LogP contribution in [0.5, 0.6) is 0 Å². The number of rotatable bonds is 16. The molecular formula is C31H52O11. The van der Waals surface area contributed by atoms with Crippen molar-refractivity contribution in [1.29, 1.82) is 0 Å². The predicted octanol–water partition coefficient (Wildman–Crippen LogP) is 4.76. The maximum Gasteiger partial charge on any atom is 0.308 e. The molecule has 0 aliphatic carbocycles. The smallest absolute Gasteiger partial charge is 0.308 e. The van der Waals surface area contributed by atoms with E-state index >= 15 is 0 Å². The molecule has 11 nitrogen and oxygen atoms in total. The Bertz CT molecular complexity index is 893. The molecule has 1 unspecified atom stereocenters. The van der Waals surface area contributed by atoms with Crippen LogP contribution in [0.3, 0.4) is 0 Å². The molecule has 42 heavy (non-hydrogen) atoms. The first kappa shape index (κ1) is 37.3. The highest BCUT2D eigenvalue weighted by atomic mass is 16.7. The van der Waals surface area contributed by atoms with Crippen molar-refractivity contribution in [3.05, 3.63) is 0 Å². The van der Waals surface area contributed by atoms with Gasteiger partial charge in [-0.05, 0) is 29.6 Å². The first-order valence-electron chi connectivity index (χ1n) is 15.1. The topological polar surface area (TPSA) is 141 Å². The quantitative estimate of drug-likeness (QED) is 0.179. The first-order valence-corrected chi connectivity index (χ1v) is 15.1. The van der Waals surface area contributed by atoms with Gasteiger partial charge in [-0.2, -0.15) is 0 Å². The number of carbonyl (C=O) groups is 5. The van der Waals surface area contributed by atoms with E-state index in [1.807, 2.05) is 69.2 Å². The van der Waals surface area contributed by atoms with Gasteiger partial charge in [-0.1, -0.05) is 69.2 Å². The monoisotopic (exact) mass is 600 g/mol. The molecule has 0 bridgehead atoms. The zero-order valence-electron chi connectivity index (χ0n) is 27.0. The molecule has 1 aliphatic heterocycles. The largest absolute Gasteiger partial charge is 0.463 e. The van der Waals surface area contributed by atoms with Crippen LogP contribution >= 0.6 is 0 Å². The van der Waals surface area contributed by atoms with E-state index in [4.69, 9.17) is 28.4 Å². The number of ether oxygens (including phenoxy) is 6. The van der Waals surface area contributed by atoms with Crippen LogP contribution < -0.4 is 0 Å². The van der Waals surface area contributed by atoms with Gasteiger partial charge < -0.3 is 28.4 Å². The number of carbonyl (C=O) groups excluding carboxylic acids is 5. The lowest BCUT2D eigenvalue weighted by Crippen LogP contribution is -2.63. The molecule has 0 spiro atoms. The minimum absolute atomic E-state index is 0.0303. The third-order valence-electron chi connectivity index (χ3n) is 5.92. The normalized spacial score (nSPS) is 22.4. The first-order chi connectivity index (χ1) is 19.5. The zero-order chi connectivity index (χ0) is 32.1. The molecule has 0 aromatic carbocycles. The SMILES string of the molecule is CC(C)CC(=O)OC[C@H]1OC(OC(=O)CC(C)C)[C@H](OC(=O)CC(C)C)[C@@H](OC(=O)CC(C)C)[C@@H]1OC(=O)CC(C)C. The molecule has 0 amide bonds. The van der Waals surface area contributed by atoms with Gasteiger partial charge in [0, 0.05) is 32.1 Å². The van der Waals surface area contributed by atoms with Gasteiger partial charge in [0.15, 0.2) is 12.2 Å². The fraction of sp³-hybridized carbons (Fsp3) is 0.839. The van der Waals surface area contributed by atoms with Gasteiger partial charge in [-0.25, -0.2) is 0 Å². The lowest BCUT2D eigenvalue weighted by molar-refractivity contribution is -0.302. The zero-order valence-corrected chi connectivity index (χ0v) is 27.0. The number of hydrogen-bond acceptors (Lipinski definition) is 11. The summed E-state index contributed by atoms with van der Waals surface area (Å²) in [7, 11) is 0. The molecule has 1 aliphatic rings. The van der Waals surface area contributed by atoms with Crippen molar-refractivity contribution in [3.63, 3.8) is 0 Å². The minimum atomic E-state index is -1.52. The molecule has 242 valence electrons. The van der Waals surface area contributed by atoms with Gasteiger partial charge in [0.25, 0.3) is 0 Å². The number of esters is 5. The fourth-order valence-electron chi connectivity index (χ4n) is 4.19. The summed E-state index contributed by atoms with van der Waals surface area (Å²) in [6, 6.07) is 0. The Hall–Kier alpha value is -2.69. The van der Waals surface area contributed by atoms with E-state index in [2.05, 4.69) is 0 Å². The second-order valence-corrected chi connectivity index (χ2v) is 13.1. The van der Waals surface area contributed by atoms with E-state index in [0.717, 1.165) is 0 Å². The van der Waals surface area contributed by atoms with Crippen LogP contribution in [0.15, 0.2) is 0 Å². The van der Waals surface area contributed by atoms with E-state index in [-0.39, 0.29) is 68.3 Å². The van der Waals surface area contributed by atoms with E-state index in [1.54, 1.807) is 0 Å². The predicted molar refractivity (Wildman–Crippen MR) is 153 cm³/mol. The third kappa shape index (κ3) is 14.5. The summed E-state index contributed by atoms with van der Waals surface area (Å²) < 4.78 is 34.5. The van der Waals surface area contributed by atoms with Gasteiger partial charge in [0.05, 0.1) is 0 Å². The van der Waals surface area contributed by atoms with Crippen LogP contribution in [-0.4, -0.2) is 67.2 Å². The molecule has 0 aromatic rings. The fourth-order valence-corrected chi connectivity index (χ4v) is 4.19. The average molecular weight is 601 g/mol. The lowest BCUT2D eigenvalue weighted by atomic mass is 9.97. The summed E-state index contributed by atoms with van der Waals surface area (Å²) in [5, 5.41) is 0. The van der Waals surface area contributed by atoms with Crippen LogP contribution in [0.2, 0.25) is 0 Å². The molecule has 1 heterocycles. The lowest BCUT2D eigenvalue weighted by Gasteiger charge is -2.44. The van der Waals surface area contributed by atoms with E-state index in [1.165, 1.54) is 0 Å². The van der Waals surface area contributed by atoms with Crippen molar-refractivity contribution in [3.8, 4) is 0 Å². The van der Waals surface area contributed by atoms with Crippen LogP contribution in [0.25, 0.3) is 0 Å². The Morgan fingerprint density at radius 3 is 1.21 bits per heavy atom. The van der Waals surface area contributed by atoms with Crippen molar-refractivity contribution >= 4 is 29.8 Å². The standard InChI is InChI=1S/C31H52O11/c1-17(2)11-23(32)37-16-22-28(39-24(33)12-18(3)4)29(40-25(34)13-19(5)6)30(41-26(35)14-20(7)8)31(38-22)42-27(36)15-21(9)10/h17-22,28-31H,11-16H2,1-10H3/t22-,28-,29+,30-,31?/m1/s1. The molecule has 0 saturated carbocycles. The van der Waals surface area contributed by atoms with Crippen LogP contribution in [-0.2, 0) is 52.4 Å². The third-order valence-corrected chi connectivity index (χ3v) is 5.92. The Morgan fingerprint density at radius 2 is 0.810 bits per heavy atom. The summed E-state index contributed by atoms with van der Waals surface area (Å²) in [4.78, 5) is 63.9. The van der Waals surface area contributed by atoms with Crippen molar-refractivity contribution in [1.82, 2.24) is 0 Å². The molecular weight excluding hydrogens is 548 g/mol. The Labute approximate surface area is 250 Å². The van der Waals surface area contributed by atoms with Crippen LogP contribution in [0.1, 0.15) is 101 Å².